The molecule has 3 aromatic rings. The van der Waals surface area contributed by atoms with Crippen LogP contribution in [0.4, 0.5) is 18.0 Å². The summed E-state index contributed by atoms with van der Waals surface area (Å²) >= 11 is 6.00. The number of nitrogens with zero attached hydrogens (tertiary/aromatic N) is 3. The molecule has 0 aliphatic heterocycles. The molecule has 0 unspecified atom stereocenters. The number of carboxylic acid groups (broad SMARTS) is 1. The van der Waals surface area contributed by atoms with Gasteiger partial charge < -0.3 is 24.3 Å². The van der Waals surface area contributed by atoms with Crippen molar-refractivity contribution in [2.75, 3.05) is 0 Å². The molecule has 0 saturated heterocycles. The van der Waals surface area contributed by atoms with Gasteiger partial charge in [-0.15, -0.1) is 18.2 Å². The van der Waals surface area contributed by atoms with Gasteiger partial charge in [0.25, 0.3) is 5.91 Å². The van der Waals surface area contributed by atoms with Crippen molar-refractivity contribution in [2.24, 2.45) is 12.0 Å². The smallest absolute Gasteiger partial charge is 0.463 e. The van der Waals surface area contributed by atoms with Gasteiger partial charge in [0.1, 0.15) is 5.75 Å². The van der Waals surface area contributed by atoms with Crippen LogP contribution in [0.15, 0.2) is 53.8 Å². The molecule has 0 radical (unpaired) electrons. The van der Waals surface area contributed by atoms with Gasteiger partial charge in [0.2, 0.25) is 5.62 Å². The zero-order chi connectivity index (χ0) is 25.0. The van der Waals surface area contributed by atoms with Gasteiger partial charge in [0.15, 0.2) is 0 Å². The predicted molar refractivity (Wildman–Crippen MR) is 117 cm³/mol. The van der Waals surface area contributed by atoms with Crippen LogP contribution in [0.1, 0.15) is 27.0 Å². The third kappa shape index (κ3) is 6.64. The number of halogens is 4. The van der Waals surface area contributed by atoms with Gasteiger partial charge in [-0.25, -0.2) is 4.79 Å². The Morgan fingerprint density at radius 3 is 2.53 bits per heavy atom. The van der Waals surface area contributed by atoms with Crippen LogP contribution in [0.5, 0.6) is 5.75 Å². The summed E-state index contributed by atoms with van der Waals surface area (Å²) in [6.45, 7) is 1.88. The number of rotatable bonds is 6. The lowest BCUT2D eigenvalue weighted by Gasteiger charge is -2.14. The van der Waals surface area contributed by atoms with E-state index in [4.69, 9.17) is 16.7 Å². The number of carbonyl (C=O) groups excluding carboxylic acids is 1. The Kier molecular flexibility index (Phi) is 7.35. The molecule has 2 N–H and O–H groups in total. The maximum absolute atomic E-state index is 12.9. The quantitative estimate of drug-likeness (QED) is 0.533. The highest BCUT2D eigenvalue weighted by Crippen LogP contribution is 2.26. The first kappa shape index (κ1) is 24.9. The lowest BCUT2D eigenvalue weighted by molar-refractivity contribution is -0.274. The Balaban J connectivity index is 1.90. The van der Waals surface area contributed by atoms with Gasteiger partial charge >= 0.3 is 12.5 Å². The van der Waals surface area contributed by atoms with E-state index in [1.807, 2.05) is 6.92 Å². The number of benzene rings is 2. The van der Waals surface area contributed by atoms with Crippen molar-refractivity contribution in [2.45, 2.75) is 26.4 Å². The predicted octanol–water partition coefficient (Wildman–Crippen LogP) is 4.24. The first-order valence-electron chi connectivity index (χ1n) is 9.83. The molecule has 0 saturated carbocycles. The SMILES string of the molecule is Cc1cc(CNC(=O)c2cc(Cn3ccn(C)c3=NC(=O)O)cc(OC(F)(F)F)c2)ccc1Cl. The summed E-state index contributed by atoms with van der Waals surface area (Å²) in [5, 5.41) is 12.2. The van der Waals surface area contributed by atoms with Gasteiger partial charge in [0, 0.05) is 36.6 Å². The van der Waals surface area contributed by atoms with Crippen molar-refractivity contribution in [1.82, 2.24) is 14.5 Å². The number of hydrogen-bond acceptors (Lipinski definition) is 3. The van der Waals surface area contributed by atoms with E-state index < -0.39 is 24.1 Å². The van der Waals surface area contributed by atoms with Crippen LogP contribution in [-0.2, 0) is 20.1 Å². The minimum Gasteiger partial charge on any atom is -0.463 e. The van der Waals surface area contributed by atoms with Crippen molar-refractivity contribution >= 4 is 23.6 Å². The average Bonchev–Trinajstić information content (AvgIpc) is 3.06. The second-order valence-electron chi connectivity index (χ2n) is 7.41. The largest absolute Gasteiger partial charge is 0.573 e. The van der Waals surface area contributed by atoms with E-state index in [1.165, 1.54) is 21.4 Å². The minimum atomic E-state index is -4.96. The zero-order valence-electron chi connectivity index (χ0n) is 18.1. The van der Waals surface area contributed by atoms with Gasteiger partial charge in [-0.3, -0.25) is 4.79 Å². The highest BCUT2D eigenvalue weighted by molar-refractivity contribution is 6.31. The second-order valence-corrected chi connectivity index (χ2v) is 7.82. The van der Waals surface area contributed by atoms with Crippen LogP contribution in [0, 0.1) is 6.92 Å². The fourth-order valence-electron chi connectivity index (χ4n) is 3.24. The van der Waals surface area contributed by atoms with Crippen molar-refractivity contribution in [3.8, 4) is 5.75 Å². The van der Waals surface area contributed by atoms with E-state index in [0.717, 1.165) is 23.3 Å². The average molecular weight is 497 g/mol. The molecular formula is C22H20ClF3N4O4. The molecule has 0 atom stereocenters. The molecule has 0 bridgehead atoms. The maximum Gasteiger partial charge on any atom is 0.573 e. The van der Waals surface area contributed by atoms with Gasteiger partial charge in [-0.2, -0.15) is 0 Å². The molecule has 0 aliphatic carbocycles. The standard InChI is InChI=1S/C22H20ClF3N4O4/c1-13-7-14(3-4-18(13)23)11-27-19(31)16-8-15(9-17(10-16)34-22(24,25)26)12-30-6-5-29(2)20(30)28-21(32)33/h3-10H,11-12H2,1-2H3,(H,27,31)(H,32,33). The molecular weight excluding hydrogens is 477 g/mol. The van der Waals surface area contributed by atoms with Crippen LogP contribution in [-0.4, -0.2) is 32.6 Å². The fraction of sp³-hybridized carbons (Fsp3) is 0.227. The number of amides is 2. The highest BCUT2D eigenvalue weighted by Gasteiger charge is 2.31. The number of aryl methyl sites for hydroxylation is 2. The molecule has 1 aromatic heterocycles. The number of carbonyl (C=O) groups is 2. The lowest BCUT2D eigenvalue weighted by atomic mass is 10.1. The topological polar surface area (TPSA) is 97.9 Å². The molecule has 8 nitrogen and oxygen atoms in total. The number of alkyl halides is 3. The molecule has 180 valence electrons. The fourth-order valence-corrected chi connectivity index (χ4v) is 3.36. The van der Waals surface area contributed by atoms with E-state index in [0.29, 0.717) is 5.02 Å². The number of aromatic nitrogens is 2. The number of nitrogens with one attached hydrogen (secondary N) is 1. The van der Waals surface area contributed by atoms with Crippen LogP contribution in [0.2, 0.25) is 5.02 Å². The lowest BCUT2D eigenvalue weighted by Crippen LogP contribution is -2.26. The van der Waals surface area contributed by atoms with Crippen LogP contribution in [0.3, 0.4) is 0 Å². The summed E-state index contributed by atoms with van der Waals surface area (Å²) < 4.78 is 45.5. The second kappa shape index (κ2) is 10.0. The molecule has 12 heteroatoms. The molecule has 34 heavy (non-hydrogen) atoms. The van der Waals surface area contributed by atoms with Crippen molar-refractivity contribution < 1.29 is 32.6 Å². The molecule has 3 rings (SSSR count). The molecule has 2 aromatic carbocycles. The maximum atomic E-state index is 12.9. The van der Waals surface area contributed by atoms with Crippen LogP contribution in [0.25, 0.3) is 0 Å². The van der Waals surface area contributed by atoms with Crippen molar-refractivity contribution in [3.63, 3.8) is 0 Å². The zero-order valence-corrected chi connectivity index (χ0v) is 18.8. The summed E-state index contributed by atoms with van der Waals surface area (Å²) in [6.07, 6.45) is -3.33. The summed E-state index contributed by atoms with van der Waals surface area (Å²) in [4.78, 5) is 27.2. The van der Waals surface area contributed by atoms with Crippen LogP contribution >= 0.6 is 11.6 Å². The summed E-state index contributed by atoms with van der Waals surface area (Å²) in [5.74, 6) is -1.19. The monoisotopic (exact) mass is 496 g/mol. The first-order valence-corrected chi connectivity index (χ1v) is 10.2. The summed E-state index contributed by atoms with van der Waals surface area (Å²) in [5.41, 5.74) is 1.85. The van der Waals surface area contributed by atoms with Crippen LogP contribution < -0.4 is 15.7 Å². The Morgan fingerprint density at radius 2 is 1.88 bits per heavy atom. The van der Waals surface area contributed by atoms with Crippen molar-refractivity contribution in [1.29, 1.82) is 0 Å². The number of ether oxygens (including phenoxy) is 1. The van der Waals surface area contributed by atoms with Gasteiger partial charge in [-0.1, -0.05) is 23.7 Å². The molecule has 1 heterocycles. The third-order valence-electron chi connectivity index (χ3n) is 4.73. The van der Waals surface area contributed by atoms with Gasteiger partial charge in [0.05, 0.1) is 6.54 Å². The Morgan fingerprint density at radius 1 is 1.15 bits per heavy atom. The van der Waals surface area contributed by atoms with E-state index in [1.54, 1.807) is 31.4 Å². The number of hydrogen-bond donors (Lipinski definition) is 2. The first-order chi connectivity index (χ1) is 15.9. The Bertz CT molecular complexity index is 1300. The number of imidazole rings is 1. The van der Waals surface area contributed by atoms with Crippen molar-refractivity contribution in [3.05, 3.63) is 81.7 Å². The third-order valence-corrected chi connectivity index (χ3v) is 5.15. The summed E-state index contributed by atoms with van der Waals surface area (Å²) in [6, 6.07) is 8.71. The minimum absolute atomic E-state index is 0.0544. The molecule has 0 aliphatic rings. The molecule has 2 amide bonds. The van der Waals surface area contributed by atoms with E-state index in [9.17, 15) is 22.8 Å². The van der Waals surface area contributed by atoms with Gasteiger partial charge in [-0.05, 0) is 47.9 Å². The Labute approximate surface area is 196 Å². The van der Waals surface area contributed by atoms with E-state index >= 15 is 0 Å². The molecule has 0 spiro atoms. The molecule has 0 fully saturated rings. The Hall–Kier alpha value is -3.73. The van der Waals surface area contributed by atoms with E-state index in [-0.39, 0.29) is 29.8 Å². The van der Waals surface area contributed by atoms with E-state index in [2.05, 4.69) is 15.0 Å². The normalized spacial score (nSPS) is 12.0. The highest BCUT2D eigenvalue weighted by atomic mass is 35.5. The summed E-state index contributed by atoms with van der Waals surface area (Å²) in [7, 11) is 1.57.